The van der Waals surface area contributed by atoms with E-state index < -0.39 is 9.84 Å². The van der Waals surface area contributed by atoms with Crippen LogP contribution in [0, 0.1) is 5.92 Å². The third-order valence-electron chi connectivity index (χ3n) is 3.60. The van der Waals surface area contributed by atoms with Crippen molar-refractivity contribution in [3.8, 4) is 0 Å². The summed E-state index contributed by atoms with van der Waals surface area (Å²) in [5, 5.41) is 3.60. The summed E-state index contributed by atoms with van der Waals surface area (Å²) in [7, 11) is -2.81. The van der Waals surface area contributed by atoms with Crippen LogP contribution in [0.5, 0.6) is 0 Å². The van der Waals surface area contributed by atoms with Crippen LogP contribution in [-0.4, -0.2) is 57.5 Å². The van der Waals surface area contributed by atoms with Gasteiger partial charge in [-0.2, -0.15) is 0 Å². The molecule has 2 atom stereocenters. The van der Waals surface area contributed by atoms with E-state index in [1.165, 1.54) is 19.1 Å². The fraction of sp³-hybridized carbons (Fsp3) is 1.00. The maximum Gasteiger partial charge on any atom is 0.147 e. The Morgan fingerprint density at radius 2 is 2.11 bits per heavy atom. The van der Waals surface area contributed by atoms with E-state index in [1.807, 2.05) is 0 Å². The second-order valence-electron chi connectivity index (χ2n) is 5.69. The van der Waals surface area contributed by atoms with Crippen molar-refractivity contribution in [2.45, 2.75) is 39.2 Å². The fourth-order valence-corrected chi connectivity index (χ4v) is 3.16. The van der Waals surface area contributed by atoms with Gasteiger partial charge >= 0.3 is 0 Å². The molecule has 2 unspecified atom stereocenters. The predicted molar refractivity (Wildman–Crippen MR) is 76.6 cm³/mol. The van der Waals surface area contributed by atoms with Crippen LogP contribution in [0.2, 0.25) is 0 Å². The molecule has 1 rings (SSSR count). The van der Waals surface area contributed by atoms with Crippen LogP contribution in [0.15, 0.2) is 0 Å². The van der Waals surface area contributed by atoms with E-state index in [-0.39, 0.29) is 0 Å². The van der Waals surface area contributed by atoms with Crippen molar-refractivity contribution in [3.63, 3.8) is 0 Å². The van der Waals surface area contributed by atoms with Crippen molar-refractivity contribution in [3.05, 3.63) is 0 Å². The molecule has 108 valence electrons. The lowest BCUT2D eigenvalue weighted by atomic mass is 10.0. The summed E-state index contributed by atoms with van der Waals surface area (Å²) in [6.45, 7) is 8.62. The van der Waals surface area contributed by atoms with E-state index >= 15 is 0 Å². The molecule has 0 radical (unpaired) electrons. The van der Waals surface area contributed by atoms with Crippen molar-refractivity contribution in [1.82, 2.24) is 10.2 Å². The number of hydrogen-bond donors (Lipinski definition) is 1. The van der Waals surface area contributed by atoms with Gasteiger partial charge in [-0.3, -0.25) is 0 Å². The molecule has 0 saturated carbocycles. The molecular formula is C13H28N2O2S. The zero-order valence-corrected chi connectivity index (χ0v) is 12.8. The molecule has 0 aromatic heterocycles. The molecule has 0 spiro atoms. The highest BCUT2D eigenvalue weighted by Crippen LogP contribution is 2.09. The van der Waals surface area contributed by atoms with Gasteiger partial charge < -0.3 is 10.2 Å². The number of nitrogens with zero attached hydrogens (tertiary/aromatic N) is 1. The summed E-state index contributed by atoms with van der Waals surface area (Å²) < 4.78 is 22.3. The van der Waals surface area contributed by atoms with Gasteiger partial charge in [0.2, 0.25) is 0 Å². The molecule has 0 bridgehead atoms. The van der Waals surface area contributed by atoms with Gasteiger partial charge in [-0.15, -0.1) is 0 Å². The summed E-state index contributed by atoms with van der Waals surface area (Å²) in [5.41, 5.74) is 0. The molecule has 1 fully saturated rings. The third-order valence-corrected chi connectivity index (χ3v) is 4.63. The lowest BCUT2D eigenvalue weighted by Crippen LogP contribution is -2.43. The van der Waals surface area contributed by atoms with Gasteiger partial charge in [0.15, 0.2) is 0 Å². The Morgan fingerprint density at radius 3 is 2.72 bits per heavy atom. The highest BCUT2D eigenvalue weighted by molar-refractivity contribution is 7.90. The van der Waals surface area contributed by atoms with Crippen LogP contribution in [0.3, 0.4) is 0 Å². The molecule has 0 aromatic carbocycles. The molecule has 0 aromatic rings. The average Bonchev–Trinajstić information content (AvgIpc) is 2.24. The highest BCUT2D eigenvalue weighted by atomic mass is 32.2. The van der Waals surface area contributed by atoms with Crippen LogP contribution >= 0.6 is 0 Å². The van der Waals surface area contributed by atoms with Crippen LogP contribution in [0.1, 0.15) is 33.1 Å². The van der Waals surface area contributed by atoms with E-state index in [1.54, 1.807) is 0 Å². The Labute approximate surface area is 112 Å². The van der Waals surface area contributed by atoms with Gasteiger partial charge in [-0.25, -0.2) is 8.42 Å². The molecule has 5 heteroatoms. The summed E-state index contributed by atoms with van der Waals surface area (Å²) in [4.78, 5) is 2.43. The number of nitrogens with one attached hydrogen (secondary N) is 1. The second kappa shape index (κ2) is 7.46. The summed E-state index contributed by atoms with van der Waals surface area (Å²) in [5.74, 6) is 0.949. The molecule has 1 aliphatic rings. The molecule has 1 N–H and O–H groups in total. The van der Waals surface area contributed by atoms with Crippen LogP contribution in [-0.2, 0) is 9.84 Å². The minimum atomic E-state index is -2.81. The smallest absolute Gasteiger partial charge is 0.147 e. The van der Waals surface area contributed by atoms with Crippen molar-refractivity contribution in [2.24, 2.45) is 5.92 Å². The Balaban J connectivity index is 2.38. The average molecular weight is 276 g/mol. The molecule has 1 aliphatic heterocycles. The molecular weight excluding hydrogens is 248 g/mol. The lowest BCUT2D eigenvalue weighted by molar-refractivity contribution is 0.197. The van der Waals surface area contributed by atoms with Gasteiger partial charge in [-0.05, 0) is 44.8 Å². The number of sulfone groups is 1. The lowest BCUT2D eigenvalue weighted by Gasteiger charge is -2.32. The van der Waals surface area contributed by atoms with Crippen LogP contribution in [0.25, 0.3) is 0 Å². The molecule has 1 saturated heterocycles. The SMILES string of the molecule is CCC1CCN(CCCS(C)(=O)=O)CC(C)CN1. The maximum atomic E-state index is 11.1. The maximum absolute atomic E-state index is 11.1. The number of rotatable bonds is 5. The zero-order chi connectivity index (χ0) is 13.6. The minimum Gasteiger partial charge on any atom is -0.314 e. The Bertz CT molecular complexity index is 330. The largest absolute Gasteiger partial charge is 0.314 e. The fourth-order valence-electron chi connectivity index (χ4n) is 2.51. The van der Waals surface area contributed by atoms with E-state index in [0.717, 1.165) is 32.6 Å². The Hall–Kier alpha value is -0.130. The third kappa shape index (κ3) is 6.71. The monoisotopic (exact) mass is 276 g/mol. The second-order valence-corrected chi connectivity index (χ2v) is 7.95. The van der Waals surface area contributed by atoms with Gasteiger partial charge in [0.05, 0.1) is 5.75 Å². The van der Waals surface area contributed by atoms with E-state index in [2.05, 4.69) is 24.1 Å². The standard InChI is InChI=1S/C13H28N2O2S/c1-4-13-6-8-15(11-12(2)10-14-13)7-5-9-18(3,16)17/h12-14H,4-11H2,1-3H3. The van der Waals surface area contributed by atoms with Gasteiger partial charge in [-0.1, -0.05) is 13.8 Å². The van der Waals surface area contributed by atoms with E-state index in [4.69, 9.17) is 0 Å². The van der Waals surface area contributed by atoms with Crippen LogP contribution < -0.4 is 5.32 Å². The van der Waals surface area contributed by atoms with Crippen molar-refractivity contribution >= 4 is 9.84 Å². The number of hydrogen-bond acceptors (Lipinski definition) is 4. The van der Waals surface area contributed by atoms with Crippen molar-refractivity contribution in [2.75, 3.05) is 38.2 Å². The molecule has 0 amide bonds. The Morgan fingerprint density at radius 1 is 1.39 bits per heavy atom. The molecule has 18 heavy (non-hydrogen) atoms. The van der Waals surface area contributed by atoms with Gasteiger partial charge in [0, 0.05) is 18.8 Å². The predicted octanol–water partition coefficient (Wildman–Crippen LogP) is 1.13. The first kappa shape index (κ1) is 15.9. The van der Waals surface area contributed by atoms with Gasteiger partial charge in [0.25, 0.3) is 0 Å². The molecule has 4 nitrogen and oxygen atoms in total. The van der Waals surface area contributed by atoms with E-state index in [9.17, 15) is 8.42 Å². The Kier molecular flexibility index (Phi) is 6.60. The highest BCUT2D eigenvalue weighted by Gasteiger charge is 2.17. The molecule has 1 heterocycles. The molecule has 0 aliphatic carbocycles. The quantitative estimate of drug-likeness (QED) is 0.818. The van der Waals surface area contributed by atoms with Crippen molar-refractivity contribution in [1.29, 1.82) is 0 Å². The normalized spacial score (nSPS) is 27.7. The van der Waals surface area contributed by atoms with E-state index in [0.29, 0.717) is 17.7 Å². The summed E-state index contributed by atoms with van der Waals surface area (Å²) in [6.07, 6.45) is 4.42. The van der Waals surface area contributed by atoms with Crippen molar-refractivity contribution < 1.29 is 8.42 Å². The summed E-state index contributed by atoms with van der Waals surface area (Å²) >= 11 is 0. The van der Waals surface area contributed by atoms with Gasteiger partial charge in [0.1, 0.15) is 9.84 Å². The first-order chi connectivity index (χ1) is 8.40. The minimum absolute atomic E-state index is 0.313. The summed E-state index contributed by atoms with van der Waals surface area (Å²) in [6, 6.07) is 0.616. The first-order valence-corrected chi connectivity index (χ1v) is 9.10. The first-order valence-electron chi connectivity index (χ1n) is 7.04. The zero-order valence-electron chi connectivity index (χ0n) is 12.0. The van der Waals surface area contributed by atoms with Crippen LogP contribution in [0.4, 0.5) is 0 Å². The topological polar surface area (TPSA) is 49.4 Å².